The van der Waals surface area contributed by atoms with Crippen molar-refractivity contribution >= 4 is 33.0 Å². The van der Waals surface area contributed by atoms with E-state index >= 15 is 0 Å². The second kappa shape index (κ2) is 10.5. The van der Waals surface area contributed by atoms with E-state index in [1.165, 1.54) is 11.1 Å². The molecule has 0 spiro atoms. The van der Waals surface area contributed by atoms with E-state index in [-0.39, 0.29) is 17.6 Å². The van der Waals surface area contributed by atoms with E-state index in [4.69, 9.17) is 14.5 Å². The number of para-hydroxylation sites is 1. The lowest BCUT2D eigenvalue weighted by atomic mass is 9.88. The van der Waals surface area contributed by atoms with Crippen molar-refractivity contribution in [2.75, 3.05) is 7.11 Å². The van der Waals surface area contributed by atoms with Crippen molar-refractivity contribution in [3.8, 4) is 11.5 Å². The Morgan fingerprint density at radius 3 is 2.70 bits per heavy atom. The Hall–Kier alpha value is -2.67. The van der Waals surface area contributed by atoms with Gasteiger partial charge in [-0.1, -0.05) is 38.3 Å². The highest BCUT2D eigenvalue weighted by molar-refractivity contribution is 9.10. The molecule has 0 N–H and O–H groups in total. The summed E-state index contributed by atoms with van der Waals surface area (Å²) in [7, 11) is 1.62. The third kappa shape index (κ3) is 5.13. The monoisotopic (exact) mass is 511 g/mol. The lowest BCUT2D eigenvalue weighted by molar-refractivity contribution is 0.207. The smallest absolute Gasteiger partial charge is 0.282 e. The fraction of sp³-hybridized carbons (Fsp3) is 0.423. The molecule has 1 atom stereocenters. The first-order valence-corrected chi connectivity index (χ1v) is 12.4. The van der Waals surface area contributed by atoms with Crippen LogP contribution in [-0.2, 0) is 0 Å². The van der Waals surface area contributed by atoms with Gasteiger partial charge in [-0.25, -0.2) is 4.98 Å². The van der Waals surface area contributed by atoms with Crippen molar-refractivity contribution in [3.63, 3.8) is 0 Å². The SMILES string of the molecule is CC[C@@H](C)Oc1cc(Br)c(C=Nn2c(C3CCCCC3)nc3ccccc3c2=O)cc1OC. The van der Waals surface area contributed by atoms with E-state index in [2.05, 4.69) is 28.0 Å². The first-order valence-electron chi connectivity index (χ1n) is 11.6. The van der Waals surface area contributed by atoms with Crippen LogP contribution in [0.3, 0.4) is 0 Å². The van der Waals surface area contributed by atoms with Gasteiger partial charge in [-0.15, -0.1) is 0 Å². The molecule has 0 aliphatic heterocycles. The Balaban J connectivity index is 1.77. The summed E-state index contributed by atoms with van der Waals surface area (Å²) < 4.78 is 13.8. The molecule has 4 rings (SSSR count). The Bertz CT molecular complexity index is 1220. The molecule has 2 aromatic carbocycles. The van der Waals surface area contributed by atoms with Gasteiger partial charge in [-0.05, 0) is 66.4 Å². The van der Waals surface area contributed by atoms with Crippen LogP contribution in [0.2, 0.25) is 0 Å². The van der Waals surface area contributed by atoms with Crippen molar-refractivity contribution in [1.29, 1.82) is 0 Å². The van der Waals surface area contributed by atoms with E-state index in [1.807, 2.05) is 37.3 Å². The van der Waals surface area contributed by atoms with Crippen molar-refractivity contribution in [3.05, 3.63) is 62.6 Å². The van der Waals surface area contributed by atoms with Gasteiger partial charge >= 0.3 is 0 Å². The van der Waals surface area contributed by atoms with E-state index in [0.717, 1.165) is 53.5 Å². The van der Waals surface area contributed by atoms with Gasteiger partial charge < -0.3 is 9.47 Å². The number of hydrogen-bond acceptors (Lipinski definition) is 5. The van der Waals surface area contributed by atoms with Gasteiger partial charge in [-0.2, -0.15) is 9.78 Å². The number of benzene rings is 2. The van der Waals surface area contributed by atoms with Gasteiger partial charge in [0.2, 0.25) is 0 Å². The van der Waals surface area contributed by atoms with Crippen LogP contribution in [0.1, 0.15) is 69.7 Å². The molecule has 0 unspecified atom stereocenters. The number of ether oxygens (including phenoxy) is 2. The van der Waals surface area contributed by atoms with Crippen LogP contribution in [0.4, 0.5) is 0 Å². The fourth-order valence-electron chi connectivity index (χ4n) is 4.20. The maximum absolute atomic E-state index is 13.4. The van der Waals surface area contributed by atoms with Crippen LogP contribution >= 0.6 is 15.9 Å². The standard InChI is InChI=1S/C26H30BrN3O3/c1-4-17(2)33-24-15-21(27)19(14-23(24)32-3)16-28-30-25(18-10-6-5-7-11-18)29-22-13-9-8-12-20(22)26(30)31/h8-9,12-18H,4-7,10-11H2,1-3H3/t17-/m1/s1. The summed E-state index contributed by atoms with van der Waals surface area (Å²) in [4.78, 5) is 18.3. The Kier molecular flexibility index (Phi) is 7.48. The number of hydrogen-bond donors (Lipinski definition) is 0. The second-order valence-electron chi connectivity index (χ2n) is 8.54. The summed E-state index contributed by atoms with van der Waals surface area (Å²) in [6, 6.07) is 11.2. The molecule has 7 heteroatoms. The minimum Gasteiger partial charge on any atom is -0.493 e. The second-order valence-corrected chi connectivity index (χ2v) is 9.40. The minimum absolute atomic E-state index is 0.0746. The maximum atomic E-state index is 13.4. The minimum atomic E-state index is -0.141. The van der Waals surface area contributed by atoms with Crippen molar-refractivity contribution in [2.45, 2.75) is 64.4 Å². The Morgan fingerprint density at radius 2 is 1.97 bits per heavy atom. The number of fused-ring (bicyclic) bond motifs is 1. The summed E-state index contributed by atoms with van der Waals surface area (Å²) in [5.74, 6) is 2.27. The average Bonchev–Trinajstić information content (AvgIpc) is 2.84. The van der Waals surface area contributed by atoms with Gasteiger partial charge in [0.25, 0.3) is 5.56 Å². The van der Waals surface area contributed by atoms with Gasteiger partial charge in [-0.3, -0.25) is 4.79 Å². The molecule has 0 radical (unpaired) electrons. The highest BCUT2D eigenvalue weighted by Crippen LogP contribution is 2.34. The third-order valence-corrected chi connectivity index (χ3v) is 6.93. The van der Waals surface area contributed by atoms with E-state index in [0.29, 0.717) is 16.9 Å². The molecule has 1 aliphatic rings. The van der Waals surface area contributed by atoms with Gasteiger partial charge in [0.1, 0.15) is 5.82 Å². The molecule has 0 amide bonds. The quantitative estimate of drug-likeness (QED) is 0.350. The summed E-state index contributed by atoms with van der Waals surface area (Å²) in [5, 5.41) is 5.21. The number of nitrogens with zero attached hydrogens (tertiary/aromatic N) is 3. The predicted octanol–water partition coefficient (Wildman–Crippen LogP) is 6.27. The third-order valence-electron chi connectivity index (χ3n) is 6.25. The summed E-state index contributed by atoms with van der Waals surface area (Å²) in [5.41, 5.74) is 1.37. The maximum Gasteiger partial charge on any atom is 0.282 e. The highest BCUT2D eigenvalue weighted by Gasteiger charge is 2.22. The molecule has 1 aliphatic carbocycles. The number of methoxy groups -OCH3 is 1. The highest BCUT2D eigenvalue weighted by atomic mass is 79.9. The molecule has 3 aromatic rings. The van der Waals surface area contributed by atoms with Crippen molar-refractivity contribution in [2.24, 2.45) is 5.10 Å². The molecular formula is C26H30BrN3O3. The van der Waals surface area contributed by atoms with Crippen molar-refractivity contribution < 1.29 is 9.47 Å². The van der Waals surface area contributed by atoms with Gasteiger partial charge in [0.05, 0.1) is 30.3 Å². The zero-order valence-electron chi connectivity index (χ0n) is 19.4. The van der Waals surface area contributed by atoms with E-state index < -0.39 is 0 Å². The first-order chi connectivity index (χ1) is 16.0. The van der Waals surface area contributed by atoms with E-state index in [1.54, 1.807) is 19.4 Å². The lowest BCUT2D eigenvalue weighted by Crippen LogP contribution is -2.25. The summed E-state index contributed by atoms with van der Waals surface area (Å²) in [6.07, 6.45) is 8.24. The molecule has 174 valence electrons. The van der Waals surface area contributed by atoms with Crippen molar-refractivity contribution in [1.82, 2.24) is 9.66 Å². The van der Waals surface area contributed by atoms with Gasteiger partial charge in [0.15, 0.2) is 11.5 Å². The largest absolute Gasteiger partial charge is 0.493 e. The van der Waals surface area contributed by atoms with Crippen LogP contribution in [0.25, 0.3) is 10.9 Å². The Labute approximate surface area is 202 Å². The topological polar surface area (TPSA) is 65.7 Å². The molecule has 0 saturated heterocycles. The fourth-order valence-corrected chi connectivity index (χ4v) is 4.62. The molecule has 33 heavy (non-hydrogen) atoms. The van der Waals surface area contributed by atoms with Crippen LogP contribution in [0, 0.1) is 0 Å². The molecule has 1 fully saturated rings. The molecule has 0 bridgehead atoms. The molecular weight excluding hydrogens is 482 g/mol. The number of halogens is 1. The Morgan fingerprint density at radius 1 is 1.21 bits per heavy atom. The van der Waals surface area contributed by atoms with Crippen LogP contribution in [-0.4, -0.2) is 29.1 Å². The molecule has 1 saturated carbocycles. The number of aromatic nitrogens is 2. The summed E-state index contributed by atoms with van der Waals surface area (Å²) in [6.45, 7) is 4.10. The van der Waals surface area contributed by atoms with Crippen LogP contribution in [0.5, 0.6) is 11.5 Å². The number of rotatable bonds is 7. The van der Waals surface area contributed by atoms with Crippen LogP contribution < -0.4 is 15.0 Å². The average molecular weight is 512 g/mol. The zero-order valence-corrected chi connectivity index (χ0v) is 21.0. The normalized spacial score (nSPS) is 15.8. The predicted molar refractivity (Wildman–Crippen MR) is 136 cm³/mol. The summed E-state index contributed by atoms with van der Waals surface area (Å²) >= 11 is 3.62. The van der Waals surface area contributed by atoms with Crippen LogP contribution in [0.15, 0.2) is 50.8 Å². The van der Waals surface area contributed by atoms with E-state index in [9.17, 15) is 4.79 Å². The lowest BCUT2D eigenvalue weighted by Gasteiger charge is -2.22. The van der Waals surface area contributed by atoms with Gasteiger partial charge in [0, 0.05) is 16.0 Å². The zero-order chi connectivity index (χ0) is 23.4. The molecule has 1 heterocycles. The molecule has 1 aromatic heterocycles. The molecule has 6 nitrogen and oxygen atoms in total. The first kappa shape index (κ1) is 23.5.